The van der Waals surface area contributed by atoms with Crippen LogP contribution in [0.25, 0.3) is 0 Å². The molecule has 2 fully saturated rings. The van der Waals surface area contributed by atoms with Crippen LogP contribution in [-0.2, 0) is 24.4 Å². The number of nitrogens with zero attached hydrogens (tertiary/aromatic N) is 4. The summed E-state index contributed by atoms with van der Waals surface area (Å²) in [6, 6.07) is 15.0. The molecule has 2 aromatic rings. The minimum Gasteiger partial charge on any atom is -0.354 e. The maximum atomic E-state index is 11.9. The van der Waals surface area contributed by atoms with Gasteiger partial charge in [0, 0.05) is 65.0 Å². The van der Waals surface area contributed by atoms with Crippen molar-refractivity contribution in [3.63, 3.8) is 0 Å². The molecule has 0 bridgehead atoms. The molecule has 2 N–H and O–H groups in total. The van der Waals surface area contributed by atoms with Crippen molar-refractivity contribution in [2.24, 2.45) is 4.99 Å². The molecule has 2 aliphatic rings. The van der Waals surface area contributed by atoms with Crippen molar-refractivity contribution >= 4 is 11.9 Å². The Hall–Kier alpha value is -2.93. The van der Waals surface area contributed by atoms with E-state index in [1.165, 1.54) is 11.1 Å². The summed E-state index contributed by atoms with van der Waals surface area (Å²) in [7, 11) is 1.82. The van der Waals surface area contributed by atoms with E-state index in [1.54, 1.807) is 0 Å². The molecule has 1 aromatic heterocycles. The standard InChI is InChI=1S/C25H34N6O/c1-26-25(29-22-10-14-30(15-11-22)19-23-8-2-3-12-27-23)28-17-20-6-4-7-21(16-20)18-31-13-5-9-24(31)32/h2-4,6-8,12,16,22H,5,9-11,13-15,17-19H2,1H3,(H2,26,28,29). The molecule has 2 aliphatic heterocycles. The van der Waals surface area contributed by atoms with Crippen LogP contribution in [0.2, 0.25) is 0 Å². The Balaban J connectivity index is 1.21. The van der Waals surface area contributed by atoms with Crippen LogP contribution in [0.5, 0.6) is 0 Å². The number of hydrogen-bond acceptors (Lipinski definition) is 4. The molecular formula is C25H34N6O. The van der Waals surface area contributed by atoms with Crippen molar-refractivity contribution in [1.29, 1.82) is 0 Å². The number of benzene rings is 1. The van der Waals surface area contributed by atoms with Gasteiger partial charge in [-0.2, -0.15) is 0 Å². The summed E-state index contributed by atoms with van der Waals surface area (Å²) in [4.78, 5) is 25.2. The lowest BCUT2D eigenvalue weighted by Crippen LogP contribution is -2.48. The van der Waals surface area contributed by atoms with Crippen molar-refractivity contribution in [2.45, 2.75) is 51.4 Å². The van der Waals surface area contributed by atoms with E-state index in [1.807, 2.05) is 30.3 Å². The molecule has 0 spiro atoms. The summed E-state index contributed by atoms with van der Waals surface area (Å²) in [5.74, 6) is 1.11. The normalized spacial score (nSPS) is 18.2. The molecule has 0 saturated carbocycles. The lowest BCUT2D eigenvalue weighted by molar-refractivity contribution is -0.128. The first-order valence-electron chi connectivity index (χ1n) is 11.6. The molecule has 2 saturated heterocycles. The zero-order chi connectivity index (χ0) is 22.2. The Kier molecular flexibility index (Phi) is 7.72. The number of piperidine rings is 1. The first-order chi connectivity index (χ1) is 15.7. The predicted octanol–water partition coefficient (Wildman–Crippen LogP) is 2.53. The van der Waals surface area contributed by atoms with Gasteiger partial charge < -0.3 is 15.5 Å². The number of aliphatic imine (C=N–C) groups is 1. The topological polar surface area (TPSA) is 72.9 Å². The summed E-state index contributed by atoms with van der Waals surface area (Å²) >= 11 is 0. The Bertz CT molecular complexity index is 908. The summed E-state index contributed by atoms with van der Waals surface area (Å²) in [5.41, 5.74) is 3.51. The van der Waals surface area contributed by atoms with Gasteiger partial charge in [-0.05, 0) is 42.5 Å². The fourth-order valence-electron chi connectivity index (χ4n) is 4.46. The average Bonchev–Trinajstić information content (AvgIpc) is 3.23. The number of aromatic nitrogens is 1. The van der Waals surface area contributed by atoms with E-state index < -0.39 is 0 Å². The van der Waals surface area contributed by atoms with E-state index in [9.17, 15) is 4.79 Å². The van der Waals surface area contributed by atoms with Gasteiger partial charge in [-0.25, -0.2) is 0 Å². The number of amides is 1. The number of hydrogen-bond donors (Lipinski definition) is 2. The number of pyridine rings is 1. The number of guanidine groups is 1. The smallest absolute Gasteiger partial charge is 0.222 e. The molecule has 7 nitrogen and oxygen atoms in total. The maximum absolute atomic E-state index is 11.9. The quantitative estimate of drug-likeness (QED) is 0.518. The van der Waals surface area contributed by atoms with Crippen molar-refractivity contribution in [2.75, 3.05) is 26.7 Å². The van der Waals surface area contributed by atoms with Gasteiger partial charge in [-0.1, -0.05) is 30.3 Å². The van der Waals surface area contributed by atoms with Crippen LogP contribution in [0.4, 0.5) is 0 Å². The molecule has 1 amide bonds. The number of nitrogens with one attached hydrogen (secondary N) is 2. The number of carbonyl (C=O) groups is 1. The Morgan fingerprint density at radius 2 is 1.94 bits per heavy atom. The highest BCUT2D eigenvalue weighted by molar-refractivity contribution is 5.80. The van der Waals surface area contributed by atoms with Crippen LogP contribution in [0, 0.1) is 0 Å². The van der Waals surface area contributed by atoms with E-state index in [4.69, 9.17) is 0 Å². The van der Waals surface area contributed by atoms with Crippen LogP contribution in [-0.4, -0.2) is 59.4 Å². The lowest BCUT2D eigenvalue weighted by Gasteiger charge is -2.32. The van der Waals surface area contributed by atoms with E-state index in [2.05, 4.69) is 55.8 Å². The second-order valence-electron chi connectivity index (χ2n) is 8.68. The van der Waals surface area contributed by atoms with Crippen molar-refractivity contribution < 1.29 is 4.79 Å². The van der Waals surface area contributed by atoms with Gasteiger partial charge in [-0.15, -0.1) is 0 Å². The highest BCUT2D eigenvalue weighted by atomic mass is 16.2. The van der Waals surface area contributed by atoms with Gasteiger partial charge >= 0.3 is 0 Å². The van der Waals surface area contributed by atoms with Gasteiger partial charge in [0.1, 0.15) is 0 Å². The second kappa shape index (κ2) is 11.1. The summed E-state index contributed by atoms with van der Waals surface area (Å²) in [5, 5.41) is 7.03. The first-order valence-corrected chi connectivity index (χ1v) is 11.6. The molecule has 3 heterocycles. The molecule has 4 rings (SSSR count). The first kappa shape index (κ1) is 22.3. The van der Waals surface area contributed by atoms with Crippen molar-refractivity contribution in [1.82, 2.24) is 25.4 Å². The van der Waals surface area contributed by atoms with Crippen LogP contribution in [0.3, 0.4) is 0 Å². The van der Waals surface area contributed by atoms with Crippen molar-refractivity contribution in [3.8, 4) is 0 Å². The monoisotopic (exact) mass is 434 g/mol. The molecule has 7 heteroatoms. The van der Waals surface area contributed by atoms with Crippen LogP contribution in [0.1, 0.15) is 42.5 Å². The lowest BCUT2D eigenvalue weighted by atomic mass is 10.0. The van der Waals surface area contributed by atoms with Crippen molar-refractivity contribution in [3.05, 3.63) is 65.5 Å². The van der Waals surface area contributed by atoms with Gasteiger partial charge in [0.15, 0.2) is 5.96 Å². The highest BCUT2D eigenvalue weighted by Crippen LogP contribution is 2.16. The highest BCUT2D eigenvalue weighted by Gasteiger charge is 2.21. The number of rotatable bonds is 7. The molecule has 32 heavy (non-hydrogen) atoms. The minimum atomic E-state index is 0.268. The van der Waals surface area contributed by atoms with E-state index in [0.29, 0.717) is 25.6 Å². The molecular weight excluding hydrogens is 400 g/mol. The molecule has 0 aliphatic carbocycles. The van der Waals surface area contributed by atoms with Gasteiger partial charge in [0.05, 0.1) is 5.69 Å². The summed E-state index contributed by atoms with van der Waals surface area (Å²) in [6.45, 7) is 5.32. The molecule has 0 radical (unpaired) electrons. The van der Waals surface area contributed by atoms with Crippen LogP contribution in [0.15, 0.2) is 53.7 Å². The Morgan fingerprint density at radius 1 is 1.09 bits per heavy atom. The third-order valence-corrected chi connectivity index (χ3v) is 6.26. The molecule has 170 valence electrons. The molecule has 1 aromatic carbocycles. The summed E-state index contributed by atoms with van der Waals surface area (Å²) in [6.07, 6.45) is 5.70. The SMILES string of the molecule is CN=C(NCc1cccc(CN2CCCC2=O)c1)NC1CCN(Cc2ccccn2)CC1. The van der Waals surface area contributed by atoms with Crippen LogP contribution >= 0.6 is 0 Å². The van der Waals surface area contributed by atoms with E-state index >= 15 is 0 Å². The largest absolute Gasteiger partial charge is 0.354 e. The zero-order valence-electron chi connectivity index (χ0n) is 19.0. The zero-order valence-corrected chi connectivity index (χ0v) is 19.0. The van der Waals surface area contributed by atoms with E-state index in [0.717, 1.165) is 57.1 Å². The Labute approximate surface area is 190 Å². The van der Waals surface area contributed by atoms with Gasteiger partial charge in [0.2, 0.25) is 5.91 Å². The predicted molar refractivity (Wildman–Crippen MR) is 127 cm³/mol. The molecule has 0 atom stereocenters. The van der Waals surface area contributed by atoms with Crippen LogP contribution < -0.4 is 10.6 Å². The van der Waals surface area contributed by atoms with Gasteiger partial charge in [0.25, 0.3) is 0 Å². The molecule has 0 unspecified atom stereocenters. The summed E-state index contributed by atoms with van der Waals surface area (Å²) < 4.78 is 0. The fourth-order valence-corrected chi connectivity index (χ4v) is 4.46. The third kappa shape index (κ3) is 6.29. The number of carbonyl (C=O) groups excluding carboxylic acids is 1. The fraction of sp³-hybridized carbons (Fsp3) is 0.480. The minimum absolute atomic E-state index is 0.268. The maximum Gasteiger partial charge on any atom is 0.222 e. The third-order valence-electron chi connectivity index (χ3n) is 6.26. The second-order valence-corrected chi connectivity index (χ2v) is 8.68. The Morgan fingerprint density at radius 3 is 2.66 bits per heavy atom. The van der Waals surface area contributed by atoms with E-state index in [-0.39, 0.29) is 5.91 Å². The number of likely N-dealkylation sites (tertiary alicyclic amines) is 2. The average molecular weight is 435 g/mol. The van der Waals surface area contributed by atoms with Gasteiger partial charge in [-0.3, -0.25) is 19.7 Å².